The minimum absolute atomic E-state index is 0.0172. The Hall–Kier alpha value is -3.81. The van der Waals surface area contributed by atoms with Crippen molar-refractivity contribution < 1.29 is 9.72 Å². The van der Waals surface area contributed by atoms with Crippen molar-refractivity contribution in [2.24, 2.45) is 5.92 Å². The van der Waals surface area contributed by atoms with Gasteiger partial charge in [0.1, 0.15) is 12.1 Å². The molecule has 0 bridgehead atoms. The fraction of sp³-hybridized carbons (Fsp3) is 0.261. The number of hydrogen-bond acceptors (Lipinski definition) is 6. The Morgan fingerprint density at radius 2 is 1.84 bits per heavy atom. The molecule has 2 heterocycles. The largest absolute Gasteiger partial charge is 0.356 e. The van der Waals surface area contributed by atoms with Crippen LogP contribution in [0.3, 0.4) is 0 Å². The van der Waals surface area contributed by atoms with Gasteiger partial charge in [0.25, 0.3) is 5.69 Å². The molecular weight excluding hydrogens is 394 g/mol. The van der Waals surface area contributed by atoms with Crippen molar-refractivity contribution in [1.82, 2.24) is 9.97 Å². The van der Waals surface area contributed by atoms with Crippen LogP contribution in [-0.4, -0.2) is 33.9 Å². The van der Waals surface area contributed by atoms with Gasteiger partial charge in [-0.05, 0) is 31.4 Å². The number of nitro groups is 1. The van der Waals surface area contributed by atoms with Crippen molar-refractivity contribution in [2.75, 3.05) is 23.3 Å². The Bertz CT molecular complexity index is 1100. The first kappa shape index (κ1) is 20.5. The number of carbonyl (C=O) groups is 1. The van der Waals surface area contributed by atoms with E-state index in [0.717, 1.165) is 30.2 Å². The number of rotatable bonds is 5. The Kier molecular flexibility index (Phi) is 5.88. The van der Waals surface area contributed by atoms with E-state index < -0.39 is 4.92 Å². The van der Waals surface area contributed by atoms with Crippen LogP contribution in [0, 0.1) is 23.0 Å². The maximum absolute atomic E-state index is 12.7. The van der Waals surface area contributed by atoms with Crippen LogP contribution in [0.15, 0.2) is 60.9 Å². The molecule has 0 aliphatic carbocycles. The van der Waals surface area contributed by atoms with Crippen molar-refractivity contribution >= 4 is 23.1 Å². The highest BCUT2D eigenvalue weighted by Gasteiger charge is 2.26. The summed E-state index contributed by atoms with van der Waals surface area (Å²) in [5.41, 5.74) is 3.22. The number of aryl methyl sites for hydroxylation is 1. The van der Waals surface area contributed by atoms with Crippen LogP contribution in [0.2, 0.25) is 0 Å². The molecule has 0 saturated carbocycles. The van der Waals surface area contributed by atoms with Gasteiger partial charge in [-0.1, -0.05) is 30.3 Å². The molecule has 1 amide bonds. The van der Waals surface area contributed by atoms with Crippen molar-refractivity contribution in [3.05, 3.63) is 76.6 Å². The van der Waals surface area contributed by atoms with Gasteiger partial charge in [0.05, 0.1) is 10.6 Å². The number of hydrogen-bond donors (Lipinski definition) is 1. The average Bonchev–Trinajstić information content (AvgIpc) is 2.81. The van der Waals surface area contributed by atoms with Gasteiger partial charge in [-0.15, -0.1) is 0 Å². The lowest BCUT2D eigenvalue weighted by Gasteiger charge is -2.32. The van der Waals surface area contributed by atoms with E-state index in [-0.39, 0.29) is 17.5 Å². The van der Waals surface area contributed by atoms with Crippen LogP contribution >= 0.6 is 0 Å². The Morgan fingerprint density at radius 1 is 1.10 bits per heavy atom. The smallest absolute Gasteiger partial charge is 0.269 e. The van der Waals surface area contributed by atoms with E-state index in [0.29, 0.717) is 24.1 Å². The molecule has 158 valence electrons. The van der Waals surface area contributed by atoms with Crippen molar-refractivity contribution in [3.8, 4) is 11.3 Å². The number of amides is 1. The lowest BCUT2D eigenvalue weighted by Crippen LogP contribution is -2.38. The summed E-state index contributed by atoms with van der Waals surface area (Å²) in [4.78, 5) is 34.2. The fourth-order valence-corrected chi connectivity index (χ4v) is 3.79. The maximum Gasteiger partial charge on any atom is 0.269 e. The Labute approximate surface area is 180 Å². The van der Waals surface area contributed by atoms with Gasteiger partial charge in [-0.3, -0.25) is 14.9 Å². The van der Waals surface area contributed by atoms with E-state index in [1.54, 1.807) is 19.3 Å². The van der Waals surface area contributed by atoms with Crippen LogP contribution < -0.4 is 10.2 Å². The van der Waals surface area contributed by atoms with Gasteiger partial charge in [0.2, 0.25) is 5.91 Å². The number of nitrogens with zero attached hydrogens (tertiary/aromatic N) is 4. The minimum Gasteiger partial charge on any atom is -0.356 e. The van der Waals surface area contributed by atoms with Crippen LogP contribution in [0.1, 0.15) is 18.4 Å². The maximum atomic E-state index is 12.7. The molecule has 8 heteroatoms. The highest BCUT2D eigenvalue weighted by Crippen LogP contribution is 2.27. The molecule has 3 aromatic rings. The third kappa shape index (κ3) is 4.69. The molecule has 0 radical (unpaired) electrons. The highest BCUT2D eigenvalue weighted by atomic mass is 16.6. The number of anilines is 2. The third-order valence-electron chi connectivity index (χ3n) is 5.59. The lowest BCUT2D eigenvalue weighted by atomic mass is 9.95. The van der Waals surface area contributed by atoms with E-state index in [1.165, 1.54) is 12.1 Å². The summed E-state index contributed by atoms with van der Waals surface area (Å²) in [5.74, 6) is 0.699. The summed E-state index contributed by atoms with van der Waals surface area (Å²) in [5, 5.41) is 13.8. The van der Waals surface area contributed by atoms with Gasteiger partial charge in [-0.2, -0.15) is 0 Å². The monoisotopic (exact) mass is 417 g/mol. The highest BCUT2D eigenvalue weighted by molar-refractivity contribution is 5.93. The molecule has 0 unspecified atom stereocenters. The van der Waals surface area contributed by atoms with E-state index >= 15 is 0 Å². The number of aromatic nitrogens is 2. The second-order valence-corrected chi connectivity index (χ2v) is 7.63. The van der Waals surface area contributed by atoms with Gasteiger partial charge >= 0.3 is 0 Å². The summed E-state index contributed by atoms with van der Waals surface area (Å²) in [6.45, 7) is 3.20. The standard InChI is InChI=1S/C23H23N5O3/c1-16-13-19(28(30)31)7-8-20(16)26-23(29)18-9-11-27(12-10-18)22-14-21(24-15-25-22)17-5-3-2-4-6-17/h2-8,13-15,18H,9-12H2,1H3,(H,26,29). The second kappa shape index (κ2) is 8.91. The number of benzene rings is 2. The molecule has 0 spiro atoms. The van der Waals surface area contributed by atoms with Crippen LogP contribution in [0.4, 0.5) is 17.2 Å². The first-order chi connectivity index (χ1) is 15.0. The Morgan fingerprint density at radius 3 is 2.52 bits per heavy atom. The number of nitro benzene ring substituents is 1. The topological polar surface area (TPSA) is 101 Å². The third-order valence-corrected chi connectivity index (χ3v) is 5.59. The lowest BCUT2D eigenvalue weighted by molar-refractivity contribution is -0.384. The zero-order chi connectivity index (χ0) is 21.8. The summed E-state index contributed by atoms with van der Waals surface area (Å²) >= 11 is 0. The van der Waals surface area contributed by atoms with Crippen LogP contribution in [0.25, 0.3) is 11.3 Å². The second-order valence-electron chi connectivity index (χ2n) is 7.63. The molecule has 1 aromatic heterocycles. The van der Waals surface area contributed by atoms with Crippen LogP contribution in [0.5, 0.6) is 0 Å². The first-order valence-electron chi connectivity index (χ1n) is 10.2. The van der Waals surface area contributed by atoms with Gasteiger partial charge in [0.15, 0.2) is 0 Å². The molecule has 1 saturated heterocycles. The molecule has 31 heavy (non-hydrogen) atoms. The number of nitrogens with one attached hydrogen (secondary N) is 1. The van der Waals surface area contributed by atoms with Crippen molar-refractivity contribution in [2.45, 2.75) is 19.8 Å². The zero-order valence-corrected chi connectivity index (χ0v) is 17.2. The SMILES string of the molecule is Cc1cc([N+](=O)[O-])ccc1NC(=O)C1CCN(c2cc(-c3ccccc3)ncn2)CC1. The average molecular weight is 417 g/mol. The van der Waals surface area contributed by atoms with E-state index in [4.69, 9.17) is 0 Å². The molecule has 8 nitrogen and oxygen atoms in total. The summed E-state index contributed by atoms with van der Waals surface area (Å²) in [7, 11) is 0. The van der Waals surface area contributed by atoms with Gasteiger partial charge in [0, 0.05) is 48.5 Å². The molecule has 2 aromatic carbocycles. The molecule has 1 fully saturated rings. The minimum atomic E-state index is -0.440. The molecular formula is C23H23N5O3. The molecule has 1 aliphatic rings. The number of piperidine rings is 1. The zero-order valence-electron chi connectivity index (χ0n) is 17.2. The fourth-order valence-electron chi connectivity index (χ4n) is 3.79. The predicted octanol–water partition coefficient (Wildman–Crippen LogP) is 4.22. The summed E-state index contributed by atoms with van der Waals surface area (Å²) in [6, 6.07) is 16.4. The van der Waals surface area contributed by atoms with E-state index in [1.807, 2.05) is 36.4 Å². The van der Waals surface area contributed by atoms with Crippen LogP contribution in [-0.2, 0) is 4.79 Å². The van der Waals surface area contributed by atoms with Gasteiger partial charge in [-0.25, -0.2) is 9.97 Å². The van der Waals surface area contributed by atoms with Crippen molar-refractivity contribution in [3.63, 3.8) is 0 Å². The molecule has 1 N–H and O–H groups in total. The molecule has 0 atom stereocenters. The molecule has 4 rings (SSSR count). The summed E-state index contributed by atoms with van der Waals surface area (Å²) in [6.07, 6.45) is 3.00. The summed E-state index contributed by atoms with van der Waals surface area (Å²) < 4.78 is 0. The number of carbonyl (C=O) groups excluding carboxylic acids is 1. The normalized spacial score (nSPS) is 14.3. The van der Waals surface area contributed by atoms with Gasteiger partial charge < -0.3 is 10.2 Å². The molecule has 1 aliphatic heterocycles. The Balaban J connectivity index is 1.38. The van der Waals surface area contributed by atoms with Crippen molar-refractivity contribution in [1.29, 1.82) is 0 Å². The van der Waals surface area contributed by atoms with E-state index in [9.17, 15) is 14.9 Å². The number of non-ortho nitro benzene ring substituents is 1. The first-order valence-corrected chi connectivity index (χ1v) is 10.2. The quantitative estimate of drug-likeness (QED) is 0.493. The predicted molar refractivity (Wildman–Crippen MR) is 119 cm³/mol. The van der Waals surface area contributed by atoms with E-state index in [2.05, 4.69) is 20.2 Å².